The monoisotopic (exact) mass is 128 g/mol. The molecule has 2 nitrogen and oxygen atoms in total. The summed E-state index contributed by atoms with van der Waals surface area (Å²) in [6.07, 6.45) is 4.02. The standard InChI is InChI=1S/C7H12O2/c1-7(6-8)4-2-3-5-9-7/h6H,2-5H2,1H3. The van der Waals surface area contributed by atoms with E-state index in [2.05, 4.69) is 0 Å². The summed E-state index contributed by atoms with van der Waals surface area (Å²) >= 11 is 0. The molecule has 1 saturated heterocycles. The molecule has 2 heteroatoms. The molecule has 0 N–H and O–H groups in total. The van der Waals surface area contributed by atoms with E-state index in [1.807, 2.05) is 6.92 Å². The van der Waals surface area contributed by atoms with Gasteiger partial charge in [0.05, 0.1) is 0 Å². The summed E-state index contributed by atoms with van der Waals surface area (Å²) in [5.74, 6) is 0. The van der Waals surface area contributed by atoms with E-state index in [-0.39, 0.29) is 0 Å². The Balaban J connectivity index is 2.46. The molecule has 0 aromatic carbocycles. The van der Waals surface area contributed by atoms with Crippen LogP contribution in [0, 0.1) is 0 Å². The normalized spacial score (nSPS) is 36.1. The third-order valence-corrected chi connectivity index (χ3v) is 1.75. The molecule has 1 fully saturated rings. The van der Waals surface area contributed by atoms with Gasteiger partial charge in [-0.25, -0.2) is 0 Å². The van der Waals surface area contributed by atoms with Gasteiger partial charge >= 0.3 is 0 Å². The summed E-state index contributed by atoms with van der Waals surface area (Å²) in [4.78, 5) is 10.4. The first-order valence-electron chi connectivity index (χ1n) is 3.37. The number of carbonyl (C=O) groups is 1. The van der Waals surface area contributed by atoms with E-state index in [1.54, 1.807) is 0 Å². The molecule has 0 aliphatic carbocycles. The molecule has 9 heavy (non-hydrogen) atoms. The molecule has 1 heterocycles. The van der Waals surface area contributed by atoms with Gasteiger partial charge in [-0.05, 0) is 26.2 Å². The van der Waals surface area contributed by atoms with Crippen molar-refractivity contribution < 1.29 is 9.53 Å². The lowest BCUT2D eigenvalue weighted by Crippen LogP contribution is -2.34. The highest BCUT2D eigenvalue weighted by Crippen LogP contribution is 2.21. The highest BCUT2D eigenvalue weighted by molar-refractivity contribution is 5.61. The van der Waals surface area contributed by atoms with Crippen molar-refractivity contribution in [2.75, 3.05) is 6.61 Å². The lowest BCUT2D eigenvalue weighted by molar-refractivity contribution is -0.134. The van der Waals surface area contributed by atoms with Crippen LogP contribution in [0.5, 0.6) is 0 Å². The first-order valence-corrected chi connectivity index (χ1v) is 3.37. The van der Waals surface area contributed by atoms with E-state index >= 15 is 0 Å². The van der Waals surface area contributed by atoms with Crippen LogP contribution in [0.2, 0.25) is 0 Å². The molecule has 0 amide bonds. The van der Waals surface area contributed by atoms with Crippen LogP contribution in [0.1, 0.15) is 26.2 Å². The topological polar surface area (TPSA) is 26.3 Å². The van der Waals surface area contributed by atoms with E-state index in [0.717, 1.165) is 32.2 Å². The minimum absolute atomic E-state index is 0.460. The maximum Gasteiger partial charge on any atom is 0.151 e. The van der Waals surface area contributed by atoms with Crippen LogP contribution in [0.3, 0.4) is 0 Å². The van der Waals surface area contributed by atoms with Gasteiger partial charge in [0.1, 0.15) is 5.60 Å². The first kappa shape index (κ1) is 6.75. The minimum Gasteiger partial charge on any atom is -0.368 e. The number of hydrogen-bond acceptors (Lipinski definition) is 2. The van der Waals surface area contributed by atoms with Gasteiger partial charge in [-0.2, -0.15) is 0 Å². The van der Waals surface area contributed by atoms with Crippen LogP contribution in [0.4, 0.5) is 0 Å². The Morgan fingerprint density at radius 2 is 2.33 bits per heavy atom. The summed E-state index contributed by atoms with van der Waals surface area (Å²) in [6.45, 7) is 2.59. The smallest absolute Gasteiger partial charge is 0.151 e. The Kier molecular flexibility index (Phi) is 1.86. The molecule has 0 aromatic rings. The van der Waals surface area contributed by atoms with Crippen LogP contribution in [-0.4, -0.2) is 18.5 Å². The highest BCUT2D eigenvalue weighted by atomic mass is 16.5. The fourth-order valence-electron chi connectivity index (χ4n) is 1.05. The Labute approximate surface area is 55.2 Å². The van der Waals surface area contributed by atoms with E-state index in [4.69, 9.17) is 4.74 Å². The van der Waals surface area contributed by atoms with Crippen molar-refractivity contribution in [3.05, 3.63) is 0 Å². The van der Waals surface area contributed by atoms with Crippen LogP contribution in [0.15, 0.2) is 0 Å². The second-order valence-corrected chi connectivity index (χ2v) is 2.74. The SMILES string of the molecule is CC1(C=O)CCCCO1. The fraction of sp³-hybridized carbons (Fsp3) is 0.857. The average molecular weight is 128 g/mol. The van der Waals surface area contributed by atoms with Gasteiger partial charge < -0.3 is 9.53 Å². The molecule has 0 spiro atoms. The number of aldehydes is 1. The largest absolute Gasteiger partial charge is 0.368 e. The highest BCUT2D eigenvalue weighted by Gasteiger charge is 2.26. The zero-order chi connectivity index (χ0) is 6.74. The molecule has 1 unspecified atom stereocenters. The molecule has 1 atom stereocenters. The van der Waals surface area contributed by atoms with Crippen molar-refractivity contribution in [1.29, 1.82) is 0 Å². The number of carbonyl (C=O) groups excluding carboxylic acids is 1. The molecule has 52 valence electrons. The van der Waals surface area contributed by atoms with E-state index < -0.39 is 5.60 Å². The summed E-state index contributed by atoms with van der Waals surface area (Å²) < 4.78 is 5.25. The molecular weight excluding hydrogens is 116 g/mol. The number of rotatable bonds is 1. The average Bonchev–Trinajstić information content (AvgIpc) is 1.90. The summed E-state index contributed by atoms with van der Waals surface area (Å²) in [7, 11) is 0. The number of hydrogen-bond donors (Lipinski definition) is 0. The van der Waals surface area contributed by atoms with Gasteiger partial charge in [0, 0.05) is 6.61 Å². The molecule has 1 rings (SSSR count). The van der Waals surface area contributed by atoms with E-state index in [1.165, 1.54) is 0 Å². The van der Waals surface area contributed by atoms with Crippen LogP contribution >= 0.6 is 0 Å². The van der Waals surface area contributed by atoms with Crippen LogP contribution < -0.4 is 0 Å². The van der Waals surface area contributed by atoms with Gasteiger partial charge in [0.2, 0.25) is 0 Å². The maximum atomic E-state index is 10.4. The lowest BCUT2D eigenvalue weighted by Gasteiger charge is -2.27. The van der Waals surface area contributed by atoms with Crippen molar-refractivity contribution in [3.8, 4) is 0 Å². The zero-order valence-electron chi connectivity index (χ0n) is 5.72. The molecule has 0 aromatic heterocycles. The molecule has 0 radical (unpaired) electrons. The molecule has 0 bridgehead atoms. The second kappa shape index (κ2) is 2.48. The fourth-order valence-corrected chi connectivity index (χ4v) is 1.05. The third-order valence-electron chi connectivity index (χ3n) is 1.75. The molecular formula is C7H12O2. The Morgan fingerprint density at radius 3 is 2.67 bits per heavy atom. The first-order chi connectivity index (χ1) is 4.27. The summed E-state index contributed by atoms with van der Waals surface area (Å²) in [6, 6.07) is 0. The van der Waals surface area contributed by atoms with Gasteiger partial charge in [0.15, 0.2) is 6.29 Å². The van der Waals surface area contributed by atoms with Crippen molar-refractivity contribution in [2.45, 2.75) is 31.8 Å². The van der Waals surface area contributed by atoms with Crippen molar-refractivity contribution in [3.63, 3.8) is 0 Å². The van der Waals surface area contributed by atoms with Gasteiger partial charge in [0.25, 0.3) is 0 Å². The van der Waals surface area contributed by atoms with Gasteiger partial charge in [-0.3, -0.25) is 0 Å². The van der Waals surface area contributed by atoms with Crippen molar-refractivity contribution in [2.24, 2.45) is 0 Å². The van der Waals surface area contributed by atoms with Crippen LogP contribution in [-0.2, 0) is 9.53 Å². The Morgan fingerprint density at radius 1 is 1.56 bits per heavy atom. The third kappa shape index (κ3) is 1.52. The summed E-state index contributed by atoms with van der Waals surface area (Å²) in [5.41, 5.74) is -0.460. The summed E-state index contributed by atoms with van der Waals surface area (Å²) in [5, 5.41) is 0. The van der Waals surface area contributed by atoms with Gasteiger partial charge in [-0.1, -0.05) is 0 Å². The minimum atomic E-state index is -0.460. The zero-order valence-corrected chi connectivity index (χ0v) is 5.72. The molecule has 1 aliphatic heterocycles. The quantitative estimate of drug-likeness (QED) is 0.495. The number of ether oxygens (including phenoxy) is 1. The van der Waals surface area contributed by atoms with Gasteiger partial charge in [-0.15, -0.1) is 0 Å². The van der Waals surface area contributed by atoms with Crippen molar-refractivity contribution in [1.82, 2.24) is 0 Å². The molecule has 1 aliphatic rings. The molecule has 0 saturated carbocycles. The lowest BCUT2D eigenvalue weighted by atomic mass is 9.98. The Hall–Kier alpha value is -0.370. The maximum absolute atomic E-state index is 10.4. The van der Waals surface area contributed by atoms with Crippen LogP contribution in [0.25, 0.3) is 0 Å². The predicted molar refractivity (Wildman–Crippen MR) is 34.3 cm³/mol. The predicted octanol–water partition coefficient (Wildman–Crippen LogP) is 1.14. The van der Waals surface area contributed by atoms with E-state index in [9.17, 15) is 4.79 Å². The second-order valence-electron chi connectivity index (χ2n) is 2.74. The van der Waals surface area contributed by atoms with E-state index in [0.29, 0.717) is 0 Å². The van der Waals surface area contributed by atoms with Crippen molar-refractivity contribution >= 4 is 6.29 Å². The Bertz CT molecular complexity index is 103.